The fraction of sp³-hybridized carbons (Fsp3) is 0.579. The van der Waals surface area contributed by atoms with E-state index in [9.17, 15) is 0 Å². The van der Waals surface area contributed by atoms with Gasteiger partial charge in [-0.15, -0.1) is 0 Å². The van der Waals surface area contributed by atoms with Crippen LogP contribution in [0.3, 0.4) is 0 Å². The number of benzene rings is 1. The Hall–Kier alpha value is -1.36. The Kier molecular flexibility index (Phi) is 5.70. The maximum absolute atomic E-state index is 9.15. The van der Waals surface area contributed by atoms with Crippen LogP contribution in [0.4, 0.5) is 0 Å². The van der Waals surface area contributed by atoms with Gasteiger partial charge in [0, 0.05) is 42.8 Å². The second-order valence-corrected chi connectivity index (χ2v) is 6.37. The van der Waals surface area contributed by atoms with Gasteiger partial charge in [0.2, 0.25) is 0 Å². The van der Waals surface area contributed by atoms with Gasteiger partial charge < -0.3 is 14.4 Å². The van der Waals surface area contributed by atoms with Gasteiger partial charge in [-0.2, -0.15) is 0 Å². The van der Waals surface area contributed by atoms with E-state index in [1.165, 1.54) is 28.6 Å². The van der Waals surface area contributed by atoms with E-state index in [2.05, 4.69) is 40.7 Å². The molecule has 1 aromatic heterocycles. The third-order valence-electron chi connectivity index (χ3n) is 4.91. The van der Waals surface area contributed by atoms with Gasteiger partial charge in [0.1, 0.15) is 0 Å². The lowest BCUT2D eigenvalue weighted by molar-refractivity contribution is 0.0375. The second-order valence-electron chi connectivity index (χ2n) is 6.37. The van der Waals surface area contributed by atoms with Gasteiger partial charge in [0.25, 0.3) is 0 Å². The summed E-state index contributed by atoms with van der Waals surface area (Å²) < 4.78 is 7.79. The molecule has 126 valence electrons. The smallest absolute Gasteiger partial charge is 0.0594 e. The van der Waals surface area contributed by atoms with Crippen molar-refractivity contribution in [2.24, 2.45) is 0 Å². The molecule has 1 aromatic carbocycles. The molecule has 3 rings (SSSR count). The highest BCUT2D eigenvalue weighted by Crippen LogP contribution is 2.27. The van der Waals surface area contributed by atoms with Crippen LogP contribution in [0.5, 0.6) is 0 Å². The summed E-state index contributed by atoms with van der Waals surface area (Å²) in [6.07, 6.45) is 3.12. The number of aliphatic hydroxyl groups is 1. The first-order valence-electron chi connectivity index (χ1n) is 8.79. The topological polar surface area (TPSA) is 37.6 Å². The highest BCUT2D eigenvalue weighted by Gasteiger charge is 2.14. The van der Waals surface area contributed by atoms with Crippen LogP contribution < -0.4 is 0 Å². The molecule has 1 saturated heterocycles. The Balaban J connectivity index is 1.72. The molecule has 0 atom stereocenters. The number of aryl methyl sites for hydroxylation is 2. The molecule has 0 spiro atoms. The molecule has 4 heteroatoms. The summed E-state index contributed by atoms with van der Waals surface area (Å²) in [4.78, 5) is 2.50. The van der Waals surface area contributed by atoms with Crippen LogP contribution in [0.15, 0.2) is 24.3 Å². The van der Waals surface area contributed by atoms with Gasteiger partial charge in [-0.25, -0.2) is 0 Å². The van der Waals surface area contributed by atoms with Crippen molar-refractivity contribution in [3.63, 3.8) is 0 Å². The van der Waals surface area contributed by atoms with Crippen molar-refractivity contribution in [2.45, 2.75) is 32.7 Å². The lowest BCUT2D eigenvalue weighted by Gasteiger charge is -2.26. The van der Waals surface area contributed by atoms with Crippen LogP contribution in [0, 0.1) is 6.92 Å². The first kappa shape index (κ1) is 16.5. The fourth-order valence-electron chi connectivity index (χ4n) is 3.64. The van der Waals surface area contributed by atoms with Crippen LogP contribution in [0.25, 0.3) is 10.9 Å². The van der Waals surface area contributed by atoms with E-state index < -0.39 is 0 Å². The Labute approximate surface area is 138 Å². The number of morpholine rings is 1. The Morgan fingerprint density at radius 2 is 1.87 bits per heavy atom. The van der Waals surface area contributed by atoms with Gasteiger partial charge in [0.05, 0.1) is 13.2 Å². The number of aromatic nitrogens is 1. The van der Waals surface area contributed by atoms with Crippen molar-refractivity contribution < 1.29 is 9.84 Å². The van der Waals surface area contributed by atoms with E-state index >= 15 is 0 Å². The van der Waals surface area contributed by atoms with E-state index in [4.69, 9.17) is 9.84 Å². The summed E-state index contributed by atoms with van der Waals surface area (Å²) in [6, 6.07) is 8.67. The molecule has 4 nitrogen and oxygen atoms in total. The molecule has 1 fully saturated rings. The largest absolute Gasteiger partial charge is 0.396 e. The van der Waals surface area contributed by atoms with Crippen LogP contribution >= 0.6 is 0 Å². The minimum atomic E-state index is 0.248. The average Bonchev–Trinajstić information content (AvgIpc) is 2.86. The monoisotopic (exact) mass is 316 g/mol. The molecule has 0 saturated carbocycles. The van der Waals surface area contributed by atoms with E-state index in [0.29, 0.717) is 0 Å². The summed E-state index contributed by atoms with van der Waals surface area (Å²) in [6.45, 7) is 8.40. The molecule has 1 N–H and O–H groups in total. The van der Waals surface area contributed by atoms with Crippen molar-refractivity contribution in [3.8, 4) is 0 Å². The number of aliphatic hydroxyl groups excluding tert-OH is 1. The van der Waals surface area contributed by atoms with Gasteiger partial charge in [-0.05, 0) is 44.4 Å². The number of hydrogen-bond donors (Lipinski definition) is 1. The zero-order valence-corrected chi connectivity index (χ0v) is 14.1. The third-order valence-corrected chi connectivity index (χ3v) is 4.91. The maximum atomic E-state index is 9.15. The minimum absolute atomic E-state index is 0.248. The molecule has 0 unspecified atom stereocenters. The minimum Gasteiger partial charge on any atom is -0.396 e. The zero-order chi connectivity index (χ0) is 16.1. The Bertz CT molecular complexity index is 630. The molecule has 0 aliphatic carbocycles. The molecule has 2 aromatic rings. The first-order valence-corrected chi connectivity index (χ1v) is 8.79. The maximum Gasteiger partial charge on any atom is 0.0594 e. The van der Waals surface area contributed by atoms with Crippen molar-refractivity contribution in [3.05, 3.63) is 35.5 Å². The summed E-state index contributed by atoms with van der Waals surface area (Å²) >= 11 is 0. The van der Waals surface area contributed by atoms with Crippen LogP contribution in [0.1, 0.15) is 24.1 Å². The van der Waals surface area contributed by atoms with Crippen molar-refractivity contribution in [2.75, 3.05) is 39.5 Å². The van der Waals surface area contributed by atoms with Gasteiger partial charge >= 0.3 is 0 Å². The second kappa shape index (κ2) is 7.95. The van der Waals surface area contributed by atoms with E-state index in [1.54, 1.807) is 0 Å². The first-order chi connectivity index (χ1) is 11.3. The standard InChI is InChI=1S/C19H28N2O2/c1-16-17(7-4-9-20-11-14-23-15-12-20)18-6-2-3-8-19(18)21(16)10-5-13-22/h2-3,6,8,22H,4-5,7,9-15H2,1H3. The predicted molar refractivity (Wildman–Crippen MR) is 94.0 cm³/mol. The number of rotatable bonds is 7. The number of para-hydroxylation sites is 1. The molecule has 0 radical (unpaired) electrons. The Morgan fingerprint density at radius 1 is 1.09 bits per heavy atom. The van der Waals surface area contributed by atoms with Gasteiger partial charge in [-0.3, -0.25) is 4.90 Å². The number of fused-ring (bicyclic) bond motifs is 1. The summed E-state index contributed by atoms with van der Waals surface area (Å²) in [5, 5.41) is 10.5. The normalized spacial score (nSPS) is 16.3. The molecular formula is C19H28N2O2. The SMILES string of the molecule is Cc1c(CCCN2CCOCC2)c2ccccc2n1CCCO. The number of ether oxygens (including phenoxy) is 1. The molecular weight excluding hydrogens is 288 g/mol. The Morgan fingerprint density at radius 3 is 2.65 bits per heavy atom. The molecule has 0 amide bonds. The zero-order valence-electron chi connectivity index (χ0n) is 14.1. The van der Waals surface area contributed by atoms with E-state index in [-0.39, 0.29) is 6.61 Å². The van der Waals surface area contributed by atoms with Gasteiger partial charge in [0.15, 0.2) is 0 Å². The molecule has 0 bridgehead atoms. The van der Waals surface area contributed by atoms with Crippen LogP contribution in [-0.4, -0.2) is 54.0 Å². The lowest BCUT2D eigenvalue weighted by Crippen LogP contribution is -2.36. The molecule has 23 heavy (non-hydrogen) atoms. The van der Waals surface area contributed by atoms with Crippen molar-refractivity contribution in [1.82, 2.24) is 9.47 Å². The summed E-state index contributed by atoms with van der Waals surface area (Å²) in [7, 11) is 0. The number of hydrogen-bond acceptors (Lipinski definition) is 3. The molecule has 1 aliphatic rings. The summed E-state index contributed by atoms with van der Waals surface area (Å²) in [5.74, 6) is 0. The molecule has 1 aliphatic heterocycles. The van der Waals surface area contributed by atoms with E-state index in [0.717, 1.165) is 52.2 Å². The number of nitrogens with zero attached hydrogens (tertiary/aromatic N) is 2. The van der Waals surface area contributed by atoms with Crippen molar-refractivity contribution in [1.29, 1.82) is 0 Å². The quantitative estimate of drug-likeness (QED) is 0.853. The fourth-order valence-corrected chi connectivity index (χ4v) is 3.64. The lowest BCUT2D eigenvalue weighted by atomic mass is 10.1. The highest BCUT2D eigenvalue weighted by atomic mass is 16.5. The summed E-state index contributed by atoms with van der Waals surface area (Å²) in [5.41, 5.74) is 4.15. The molecule has 2 heterocycles. The highest BCUT2D eigenvalue weighted by molar-refractivity contribution is 5.85. The van der Waals surface area contributed by atoms with Crippen LogP contribution in [-0.2, 0) is 17.7 Å². The van der Waals surface area contributed by atoms with Crippen LogP contribution in [0.2, 0.25) is 0 Å². The predicted octanol–water partition coefficient (Wildman–Crippen LogP) is 2.60. The average molecular weight is 316 g/mol. The van der Waals surface area contributed by atoms with E-state index in [1.807, 2.05) is 0 Å². The van der Waals surface area contributed by atoms with Gasteiger partial charge in [-0.1, -0.05) is 18.2 Å². The van der Waals surface area contributed by atoms with Crippen molar-refractivity contribution >= 4 is 10.9 Å². The third kappa shape index (κ3) is 3.77.